The molecule has 0 atom stereocenters. The Balaban J connectivity index is 1.73. The minimum absolute atomic E-state index is 0.0227. The summed E-state index contributed by atoms with van der Waals surface area (Å²) in [7, 11) is 0. The van der Waals surface area contributed by atoms with Gasteiger partial charge in [-0.2, -0.15) is 0 Å². The zero-order chi connectivity index (χ0) is 20.7. The fourth-order valence-corrected chi connectivity index (χ4v) is 3.18. The number of anilines is 1. The second-order valence-corrected chi connectivity index (χ2v) is 6.33. The molecule has 0 fully saturated rings. The number of carbonyl (C=O) groups is 3. The van der Waals surface area contributed by atoms with Gasteiger partial charge in [0, 0.05) is 23.3 Å². The van der Waals surface area contributed by atoms with Crippen LogP contribution in [0.2, 0.25) is 0 Å². The number of ketones is 1. The average molecular weight is 388 g/mol. The van der Waals surface area contributed by atoms with Crippen LogP contribution in [0.15, 0.2) is 66.7 Å². The summed E-state index contributed by atoms with van der Waals surface area (Å²) < 4.78 is 0. The number of phenols is 1. The van der Waals surface area contributed by atoms with E-state index in [0.29, 0.717) is 0 Å². The van der Waals surface area contributed by atoms with Gasteiger partial charge in [0.15, 0.2) is 5.78 Å². The van der Waals surface area contributed by atoms with Gasteiger partial charge in [0.25, 0.3) is 17.5 Å². The first-order valence-corrected chi connectivity index (χ1v) is 8.48. The van der Waals surface area contributed by atoms with Crippen molar-refractivity contribution in [3.05, 3.63) is 99.1 Å². The number of benzene rings is 3. The maximum Gasteiger partial charge on any atom is 0.270 e. The van der Waals surface area contributed by atoms with E-state index in [1.807, 2.05) is 0 Å². The third kappa shape index (κ3) is 2.92. The van der Waals surface area contributed by atoms with Crippen LogP contribution in [0.1, 0.15) is 36.6 Å². The zero-order valence-electron chi connectivity index (χ0n) is 14.7. The van der Waals surface area contributed by atoms with Crippen molar-refractivity contribution in [3.8, 4) is 5.75 Å². The van der Waals surface area contributed by atoms with E-state index < -0.39 is 22.5 Å². The molecule has 29 heavy (non-hydrogen) atoms. The van der Waals surface area contributed by atoms with Gasteiger partial charge in [0.05, 0.1) is 21.7 Å². The summed E-state index contributed by atoms with van der Waals surface area (Å²) in [6, 6.07) is 15.2. The Hall–Kier alpha value is -4.33. The van der Waals surface area contributed by atoms with E-state index in [2.05, 4.69) is 0 Å². The summed E-state index contributed by atoms with van der Waals surface area (Å²) in [5.74, 6) is -2.02. The molecule has 8 nitrogen and oxygen atoms in total. The maximum absolute atomic E-state index is 12.8. The van der Waals surface area contributed by atoms with Gasteiger partial charge in [-0.3, -0.25) is 24.5 Å². The highest BCUT2D eigenvalue weighted by Crippen LogP contribution is 2.34. The van der Waals surface area contributed by atoms with Crippen LogP contribution >= 0.6 is 0 Å². The molecule has 0 radical (unpaired) electrons. The minimum Gasteiger partial charge on any atom is -0.506 e. The van der Waals surface area contributed by atoms with Crippen molar-refractivity contribution < 1.29 is 24.4 Å². The highest BCUT2D eigenvalue weighted by atomic mass is 16.6. The van der Waals surface area contributed by atoms with Gasteiger partial charge in [-0.05, 0) is 24.3 Å². The van der Waals surface area contributed by atoms with E-state index in [1.165, 1.54) is 48.5 Å². The lowest BCUT2D eigenvalue weighted by Gasteiger charge is -2.14. The molecule has 4 rings (SSSR count). The van der Waals surface area contributed by atoms with Crippen molar-refractivity contribution in [3.63, 3.8) is 0 Å². The van der Waals surface area contributed by atoms with E-state index in [-0.39, 0.29) is 39.4 Å². The van der Waals surface area contributed by atoms with Crippen LogP contribution in [0, 0.1) is 10.1 Å². The lowest BCUT2D eigenvalue weighted by molar-refractivity contribution is -0.384. The predicted octanol–water partition coefficient (Wildman–Crippen LogP) is 3.33. The average Bonchev–Trinajstić information content (AvgIpc) is 2.98. The Morgan fingerprint density at radius 3 is 2.28 bits per heavy atom. The van der Waals surface area contributed by atoms with Crippen LogP contribution < -0.4 is 4.90 Å². The molecule has 0 aromatic heterocycles. The highest BCUT2D eigenvalue weighted by Gasteiger charge is 2.38. The quantitative estimate of drug-likeness (QED) is 0.317. The van der Waals surface area contributed by atoms with Gasteiger partial charge in [0.2, 0.25) is 0 Å². The smallest absolute Gasteiger partial charge is 0.270 e. The number of non-ortho nitro benzene ring substituents is 1. The molecular weight excluding hydrogens is 376 g/mol. The molecule has 0 spiro atoms. The molecule has 0 saturated carbocycles. The number of rotatable bonds is 4. The third-order valence-corrected chi connectivity index (χ3v) is 4.59. The standard InChI is InChI=1S/C21H12N2O6/c24-18-7-2-1-6-17(18)22-20(26)15-9-8-13(11-16(15)21(22)27)19(25)12-4-3-5-14(10-12)23(28)29/h1-11,24H. The zero-order valence-corrected chi connectivity index (χ0v) is 14.7. The van der Waals surface area contributed by atoms with Crippen molar-refractivity contribution in [2.45, 2.75) is 0 Å². The Bertz CT molecular complexity index is 1220. The van der Waals surface area contributed by atoms with Gasteiger partial charge in [-0.15, -0.1) is 0 Å². The topological polar surface area (TPSA) is 118 Å². The molecule has 3 aromatic rings. The number of nitrogens with zero attached hydrogens (tertiary/aromatic N) is 2. The van der Waals surface area contributed by atoms with Gasteiger partial charge < -0.3 is 5.11 Å². The number of nitro groups is 1. The Labute approximate surface area is 163 Å². The van der Waals surface area contributed by atoms with Crippen LogP contribution in [0.5, 0.6) is 5.75 Å². The molecule has 3 aromatic carbocycles. The van der Waals surface area contributed by atoms with E-state index in [4.69, 9.17) is 0 Å². The molecule has 1 heterocycles. The Morgan fingerprint density at radius 1 is 0.862 bits per heavy atom. The van der Waals surface area contributed by atoms with Crippen molar-refractivity contribution in [1.29, 1.82) is 0 Å². The third-order valence-electron chi connectivity index (χ3n) is 4.59. The number of amides is 2. The summed E-state index contributed by atoms with van der Waals surface area (Å²) in [6.45, 7) is 0. The summed E-state index contributed by atoms with van der Waals surface area (Å²) in [4.78, 5) is 49.4. The largest absolute Gasteiger partial charge is 0.506 e. The molecule has 2 amide bonds. The number of hydrogen-bond acceptors (Lipinski definition) is 6. The molecule has 8 heteroatoms. The van der Waals surface area contributed by atoms with Crippen LogP contribution in [-0.2, 0) is 0 Å². The summed E-state index contributed by atoms with van der Waals surface area (Å²) in [5, 5.41) is 20.9. The van der Waals surface area contributed by atoms with Crippen molar-refractivity contribution in [2.24, 2.45) is 0 Å². The van der Waals surface area contributed by atoms with E-state index in [0.717, 1.165) is 11.0 Å². The summed E-state index contributed by atoms with van der Waals surface area (Å²) in [6.07, 6.45) is 0. The van der Waals surface area contributed by atoms with Crippen LogP contribution in [-0.4, -0.2) is 27.6 Å². The number of hydrogen-bond donors (Lipinski definition) is 1. The monoisotopic (exact) mass is 388 g/mol. The number of phenolic OH excluding ortho intramolecular Hbond substituents is 1. The molecular formula is C21H12N2O6. The summed E-state index contributed by atoms with van der Waals surface area (Å²) >= 11 is 0. The fraction of sp³-hybridized carbons (Fsp3) is 0. The van der Waals surface area contributed by atoms with Crippen molar-refractivity contribution in [1.82, 2.24) is 0 Å². The Morgan fingerprint density at radius 2 is 1.55 bits per heavy atom. The number of fused-ring (bicyclic) bond motifs is 1. The lowest BCUT2D eigenvalue weighted by atomic mass is 9.99. The fourth-order valence-electron chi connectivity index (χ4n) is 3.18. The van der Waals surface area contributed by atoms with Crippen LogP contribution in [0.25, 0.3) is 0 Å². The minimum atomic E-state index is -0.666. The van der Waals surface area contributed by atoms with Crippen LogP contribution in [0.3, 0.4) is 0 Å². The SMILES string of the molecule is O=C(c1cccc([N+](=O)[O-])c1)c1ccc2c(c1)C(=O)N(c1ccccc1O)C2=O. The first-order chi connectivity index (χ1) is 13.9. The first kappa shape index (κ1) is 18.1. The van der Waals surface area contributed by atoms with Crippen molar-refractivity contribution >= 4 is 29.0 Å². The molecule has 0 saturated heterocycles. The van der Waals surface area contributed by atoms with Gasteiger partial charge in [-0.1, -0.05) is 30.3 Å². The molecule has 1 aliphatic rings. The summed E-state index contributed by atoms with van der Waals surface area (Å²) in [5.41, 5.74) is 0.153. The van der Waals surface area contributed by atoms with Gasteiger partial charge in [-0.25, -0.2) is 4.90 Å². The number of carbonyl (C=O) groups excluding carboxylic acids is 3. The molecule has 142 valence electrons. The van der Waals surface area contributed by atoms with E-state index >= 15 is 0 Å². The molecule has 1 aliphatic heterocycles. The predicted molar refractivity (Wildman–Crippen MR) is 102 cm³/mol. The second kappa shape index (κ2) is 6.68. The number of aromatic hydroxyl groups is 1. The highest BCUT2D eigenvalue weighted by molar-refractivity contribution is 6.35. The first-order valence-electron chi connectivity index (χ1n) is 8.48. The Kier molecular flexibility index (Phi) is 4.16. The number of para-hydroxylation sites is 2. The lowest BCUT2D eigenvalue weighted by Crippen LogP contribution is -2.29. The normalized spacial score (nSPS) is 12.8. The van der Waals surface area contributed by atoms with Gasteiger partial charge >= 0.3 is 0 Å². The maximum atomic E-state index is 12.8. The number of imide groups is 1. The second-order valence-electron chi connectivity index (χ2n) is 6.33. The molecule has 0 aliphatic carbocycles. The molecule has 0 bridgehead atoms. The van der Waals surface area contributed by atoms with Crippen molar-refractivity contribution in [2.75, 3.05) is 4.90 Å². The van der Waals surface area contributed by atoms with E-state index in [1.54, 1.807) is 12.1 Å². The van der Waals surface area contributed by atoms with Gasteiger partial charge in [0.1, 0.15) is 5.75 Å². The molecule has 1 N–H and O–H groups in total. The van der Waals surface area contributed by atoms with E-state index in [9.17, 15) is 29.6 Å². The number of nitro benzene ring substituents is 1. The van der Waals surface area contributed by atoms with Crippen LogP contribution in [0.4, 0.5) is 11.4 Å². The molecule has 0 unspecified atom stereocenters.